The Kier molecular flexibility index (Phi) is 8.68. The average molecular weight is 327 g/mol. The van der Waals surface area contributed by atoms with E-state index in [1.807, 2.05) is 6.92 Å². The third-order valence-electron chi connectivity index (χ3n) is 3.94. The summed E-state index contributed by atoms with van der Waals surface area (Å²) in [5.74, 6) is 0. The van der Waals surface area contributed by atoms with E-state index in [1.54, 1.807) is 24.3 Å². The van der Waals surface area contributed by atoms with E-state index >= 15 is 0 Å². The molecule has 0 bridgehead atoms. The van der Waals surface area contributed by atoms with E-state index in [0.717, 1.165) is 37.8 Å². The van der Waals surface area contributed by atoms with Gasteiger partial charge in [0.15, 0.2) is 9.84 Å². The molecule has 4 nitrogen and oxygen atoms in total. The molecule has 0 aliphatic carbocycles. The maximum atomic E-state index is 12.3. The van der Waals surface area contributed by atoms with Crippen LogP contribution in [0, 0.1) is 6.92 Å². The van der Waals surface area contributed by atoms with E-state index in [2.05, 4.69) is 0 Å². The van der Waals surface area contributed by atoms with Gasteiger partial charge in [-0.25, -0.2) is 8.42 Å². The summed E-state index contributed by atoms with van der Waals surface area (Å²) in [6, 6.07) is 6.89. The van der Waals surface area contributed by atoms with Gasteiger partial charge in [0.05, 0.1) is 4.90 Å². The highest BCUT2D eigenvalue weighted by atomic mass is 32.2. The van der Waals surface area contributed by atoms with Crippen molar-refractivity contribution in [2.45, 2.75) is 68.6 Å². The lowest BCUT2D eigenvalue weighted by Crippen LogP contribution is -2.30. The molecule has 1 aromatic rings. The molecule has 0 saturated carbocycles. The van der Waals surface area contributed by atoms with E-state index in [0.29, 0.717) is 11.3 Å². The minimum Gasteiger partial charge on any atom is -0.330 e. The minimum atomic E-state index is -3.40. The van der Waals surface area contributed by atoms with Crippen LogP contribution in [0.25, 0.3) is 0 Å². The molecule has 5 heteroatoms. The number of unbranched alkanes of at least 4 members (excludes halogenated alkanes) is 6. The molecular weight excluding hydrogens is 296 g/mol. The Bertz CT molecular complexity index is 512. The van der Waals surface area contributed by atoms with Crippen molar-refractivity contribution in [2.24, 2.45) is 11.5 Å². The van der Waals surface area contributed by atoms with Crippen LogP contribution in [0.3, 0.4) is 0 Å². The van der Waals surface area contributed by atoms with Crippen LogP contribution in [0.5, 0.6) is 0 Å². The molecule has 1 atom stereocenters. The minimum absolute atomic E-state index is 0.326. The van der Waals surface area contributed by atoms with Crippen LogP contribution in [0.2, 0.25) is 0 Å². The molecule has 4 N–H and O–H groups in total. The Morgan fingerprint density at radius 1 is 0.909 bits per heavy atom. The molecule has 0 aliphatic heterocycles. The zero-order valence-corrected chi connectivity index (χ0v) is 14.4. The SMILES string of the molecule is Cc1ccc(S(=O)(=O)C(N)CCCCCCCCCN)cc1. The molecule has 0 aromatic heterocycles. The molecule has 1 unspecified atom stereocenters. The van der Waals surface area contributed by atoms with Crippen molar-refractivity contribution in [1.29, 1.82) is 0 Å². The van der Waals surface area contributed by atoms with Gasteiger partial charge in [0.2, 0.25) is 0 Å². The monoisotopic (exact) mass is 326 g/mol. The summed E-state index contributed by atoms with van der Waals surface area (Å²) in [6.07, 6.45) is 8.27. The fourth-order valence-electron chi connectivity index (χ4n) is 2.43. The first-order valence-electron chi connectivity index (χ1n) is 8.24. The highest BCUT2D eigenvalue weighted by molar-refractivity contribution is 7.92. The Labute approximate surface area is 135 Å². The first-order chi connectivity index (χ1) is 10.5. The molecule has 22 heavy (non-hydrogen) atoms. The molecule has 0 aliphatic rings. The summed E-state index contributed by atoms with van der Waals surface area (Å²) < 4.78 is 24.7. The first-order valence-corrected chi connectivity index (χ1v) is 9.79. The molecule has 126 valence electrons. The number of aryl methyl sites for hydroxylation is 1. The number of sulfone groups is 1. The molecule has 0 spiro atoms. The maximum Gasteiger partial charge on any atom is 0.193 e. The Morgan fingerprint density at radius 3 is 1.95 bits per heavy atom. The number of rotatable bonds is 11. The number of nitrogens with two attached hydrogens (primary N) is 2. The lowest BCUT2D eigenvalue weighted by Gasteiger charge is -2.13. The molecular formula is C17H30N2O2S. The van der Waals surface area contributed by atoms with E-state index in [9.17, 15) is 8.42 Å². The van der Waals surface area contributed by atoms with Gasteiger partial charge < -0.3 is 11.5 Å². The van der Waals surface area contributed by atoms with Crippen molar-refractivity contribution < 1.29 is 8.42 Å². The second-order valence-electron chi connectivity index (χ2n) is 5.95. The van der Waals surface area contributed by atoms with Crippen molar-refractivity contribution in [3.8, 4) is 0 Å². The standard InChI is InChI=1S/C17H30N2O2S/c1-15-10-12-16(13-11-15)22(20,21)17(19)9-7-5-3-2-4-6-8-14-18/h10-13,17H,2-9,14,18-19H2,1H3. The zero-order chi connectivity index (χ0) is 16.4. The van der Waals surface area contributed by atoms with Crippen molar-refractivity contribution in [1.82, 2.24) is 0 Å². The van der Waals surface area contributed by atoms with Gasteiger partial charge in [-0.1, -0.05) is 56.2 Å². The van der Waals surface area contributed by atoms with Crippen molar-refractivity contribution in [2.75, 3.05) is 6.54 Å². The zero-order valence-electron chi connectivity index (χ0n) is 13.6. The topological polar surface area (TPSA) is 86.2 Å². The van der Waals surface area contributed by atoms with E-state index in [-0.39, 0.29) is 0 Å². The molecule has 0 heterocycles. The van der Waals surface area contributed by atoms with Gasteiger partial charge in [0.1, 0.15) is 5.37 Å². The van der Waals surface area contributed by atoms with Crippen molar-refractivity contribution >= 4 is 9.84 Å². The summed E-state index contributed by atoms with van der Waals surface area (Å²) in [5.41, 5.74) is 12.4. The van der Waals surface area contributed by atoms with Crippen LogP contribution in [-0.4, -0.2) is 20.3 Å². The second-order valence-corrected chi connectivity index (χ2v) is 8.12. The molecule has 0 saturated heterocycles. The molecule has 0 amide bonds. The van der Waals surface area contributed by atoms with E-state index < -0.39 is 15.2 Å². The maximum absolute atomic E-state index is 12.3. The third kappa shape index (κ3) is 6.46. The fraction of sp³-hybridized carbons (Fsp3) is 0.647. The van der Waals surface area contributed by atoms with Gasteiger partial charge in [0, 0.05) is 0 Å². The highest BCUT2D eigenvalue weighted by Gasteiger charge is 2.22. The quantitative estimate of drug-likeness (QED) is 0.612. The van der Waals surface area contributed by atoms with Crippen LogP contribution in [0.15, 0.2) is 29.2 Å². The van der Waals surface area contributed by atoms with E-state index in [1.165, 1.54) is 19.3 Å². The Balaban J connectivity index is 2.29. The van der Waals surface area contributed by atoms with E-state index in [4.69, 9.17) is 11.5 Å². The van der Waals surface area contributed by atoms with Crippen LogP contribution in [0.4, 0.5) is 0 Å². The van der Waals surface area contributed by atoms with Gasteiger partial charge >= 0.3 is 0 Å². The highest BCUT2D eigenvalue weighted by Crippen LogP contribution is 2.18. The van der Waals surface area contributed by atoms with Crippen molar-refractivity contribution in [3.63, 3.8) is 0 Å². The van der Waals surface area contributed by atoms with Crippen LogP contribution in [0.1, 0.15) is 56.9 Å². The van der Waals surface area contributed by atoms with Gasteiger partial charge in [-0.3, -0.25) is 0 Å². The lowest BCUT2D eigenvalue weighted by molar-refractivity contribution is 0.543. The number of hydrogen-bond acceptors (Lipinski definition) is 4. The number of hydrogen-bond donors (Lipinski definition) is 2. The summed E-state index contributed by atoms with van der Waals surface area (Å²) in [5, 5.41) is -0.799. The summed E-state index contributed by atoms with van der Waals surface area (Å²) in [4.78, 5) is 0.326. The predicted octanol–water partition coefficient (Wildman–Crippen LogP) is 3.13. The lowest BCUT2D eigenvalue weighted by atomic mass is 10.1. The van der Waals surface area contributed by atoms with Gasteiger partial charge in [0.25, 0.3) is 0 Å². The summed E-state index contributed by atoms with van der Waals surface area (Å²) in [7, 11) is -3.40. The van der Waals surface area contributed by atoms with Crippen LogP contribution < -0.4 is 11.5 Å². The van der Waals surface area contributed by atoms with Gasteiger partial charge in [-0.15, -0.1) is 0 Å². The van der Waals surface area contributed by atoms with Gasteiger partial charge in [-0.2, -0.15) is 0 Å². The first kappa shape index (κ1) is 19.1. The smallest absolute Gasteiger partial charge is 0.193 e. The predicted molar refractivity (Wildman–Crippen MR) is 92.3 cm³/mol. The van der Waals surface area contributed by atoms with Crippen LogP contribution >= 0.6 is 0 Å². The third-order valence-corrected chi connectivity index (χ3v) is 5.90. The summed E-state index contributed by atoms with van der Waals surface area (Å²) in [6.45, 7) is 2.70. The van der Waals surface area contributed by atoms with Crippen molar-refractivity contribution in [3.05, 3.63) is 29.8 Å². The van der Waals surface area contributed by atoms with Gasteiger partial charge in [-0.05, 0) is 38.4 Å². The number of benzene rings is 1. The average Bonchev–Trinajstić information content (AvgIpc) is 2.50. The second kappa shape index (κ2) is 9.98. The largest absolute Gasteiger partial charge is 0.330 e. The Hall–Kier alpha value is -0.910. The normalized spacial score (nSPS) is 13.2. The molecule has 0 radical (unpaired) electrons. The molecule has 0 fully saturated rings. The molecule has 1 rings (SSSR count). The molecule has 1 aromatic carbocycles. The fourth-order valence-corrected chi connectivity index (χ4v) is 3.77. The van der Waals surface area contributed by atoms with Crippen LogP contribution in [-0.2, 0) is 9.84 Å². The summed E-state index contributed by atoms with van der Waals surface area (Å²) >= 11 is 0. The Morgan fingerprint density at radius 2 is 1.41 bits per heavy atom.